The first-order chi connectivity index (χ1) is 12.8. The van der Waals surface area contributed by atoms with Crippen molar-refractivity contribution in [1.29, 1.82) is 5.26 Å². The molecule has 1 atom stereocenters. The number of nitrogens with one attached hydrogen (secondary N) is 2. The lowest BCUT2D eigenvalue weighted by atomic mass is 9.84. The maximum Gasteiger partial charge on any atom is 0.210 e. The first-order valence-electron chi connectivity index (χ1n) is 8.89. The predicted octanol–water partition coefficient (Wildman–Crippen LogP) is 4.28. The Morgan fingerprint density at radius 2 is 1.77 bits per heavy atom. The van der Waals surface area contributed by atoms with Gasteiger partial charge in [0, 0.05) is 5.70 Å². The monoisotopic (exact) mass is 340 g/mol. The van der Waals surface area contributed by atoms with Crippen molar-refractivity contribution in [2.45, 2.75) is 25.3 Å². The van der Waals surface area contributed by atoms with Crippen LogP contribution in [-0.2, 0) is 0 Å². The van der Waals surface area contributed by atoms with Crippen LogP contribution in [0, 0.1) is 11.5 Å². The van der Waals surface area contributed by atoms with Crippen molar-refractivity contribution in [1.82, 2.24) is 10.6 Å². The Labute approximate surface area is 153 Å². The van der Waals surface area contributed by atoms with Crippen molar-refractivity contribution >= 4 is 12.0 Å². The SMILES string of the molecule is N#CNC1=NC(c2ccccc2)C2=C(N1)/C(=C\c1ccccc1)CCC2. The van der Waals surface area contributed by atoms with Gasteiger partial charge in [0.05, 0.1) is 0 Å². The first-order valence-corrected chi connectivity index (χ1v) is 8.89. The second-order valence-corrected chi connectivity index (χ2v) is 6.49. The van der Waals surface area contributed by atoms with E-state index in [2.05, 4.69) is 53.1 Å². The van der Waals surface area contributed by atoms with Gasteiger partial charge in [-0.15, -0.1) is 0 Å². The molecule has 2 aliphatic rings. The molecule has 0 saturated carbocycles. The van der Waals surface area contributed by atoms with Gasteiger partial charge in [-0.1, -0.05) is 60.7 Å². The van der Waals surface area contributed by atoms with E-state index >= 15 is 0 Å². The molecule has 1 heterocycles. The average Bonchev–Trinajstić information content (AvgIpc) is 2.70. The summed E-state index contributed by atoms with van der Waals surface area (Å²) >= 11 is 0. The molecule has 4 heteroatoms. The summed E-state index contributed by atoms with van der Waals surface area (Å²) in [5.74, 6) is 0.515. The maximum atomic E-state index is 9.06. The minimum absolute atomic E-state index is 0.0530. The van der Waals surface area contributed by atoms with E-state index in [4.69, 9.17) is 10.3 Å². The predicted molar refractivity (Wildman–Crippen MR) is 104 cm³/mol. The summed E-state index contributed by atoms with van der Waals surface area (Å²) < 4.78 is 0. The quantitative estimate of drug-likeness (QED) is 0.634. The fraction of sp³-hybridized carbons (Fsp3) is 0.182. The lowest BCUT2D eigenvalue weighted by molar-refractivity contribution is 0.651. The fourth-order valence-corrected chi connectivity index (χ4v) is 3.64. The van der Waals surface area contributed by atoms with Crippen LogP contribution in [0.1, 0.15) is 36.4 Å². The van der Waals surface area contributed by atoms with Gasteiger partial charge in [-0.3, -0.25) is 5.32 Å². The molecule has 1 aliphatic heterocycles. The van der Waals surface area contributed by atoms with Crippen LogP contribution in [0.5, 0.6) is 0 Å². The van der Waals surface area contributed by atoms with Gasteiger partial charge in [0.1, 0.15) is 6.04 Å². The summed E-state index contributed by atoms with van der Waals surface area (Å²) in [4.78, 5) is 4.75. The van der Waals surface area contributed by atoms with Crippen LogP contribution < -0.4 is 10.6 Å². The number of nitriles is 1. The number of allylic oxidation sites excluding steroid dienone is 1. The summed E-state index contributed by atoms with van der Waals surface area (Å²) in [6.45, 7) is 0. The van der Waals surface area contributed by atoms with E-state index in [1.807, 2.05) is 30.5 Å². The van der Waals surface area contributed by atoms with Crippen molar-refractivity contribution in [3.8, 4) is 6.19 Å². The molecule has 0 radical (unpaired) electrons. The molecule has 1 aliphatic carbocycles. The highest BCUT2D eigenvalue weighted by Gasteiger charge is 2.29. The maximum absolute atomic E-state index is 9.06. The molecule has 0 saturated heterocycles. The number of hydrogen-bond acceptors (Lipinski definition) is 4. The molecule has 26 heavy (non-hydrogen) atoms. The van der Waals surface area contributed by atoms with Gasteiger partial charge >= 0.3 is 0 Å². The van der Waals surface area contributed by atoms with E-state index in [1.54, 1.807) is 0 Å². The minimum atomic E-state index is -0.0530. The first kappa shape index (κ1) is 16.2. The van der Waals surface area contributed by atoms with Crippen LogP contribution in [0.15, 0.2) is 82.5 Å². The van der Waals surface area contributed by atoms with Gasteiger partial charge in [0.15, 0.2) is 6.19 Å². The topological polar surface area (TPSA) is 60.2 Å². The van der Waals surface area contributed by atoms with E-state index in [9.17, 15) is 0 Å². The molecule has 0 aromatic heterocycles. The molecular formula is C22H20N4. The molecule has 0 bridgehead atoms. The second-order valence-electron chi connectivity index (χ2n) is 6.49. The Kier molecular flexibility index (Phi) is 4.53. The second kappa shape index (κ2) is 7.28. The Bertz CT molecular complexity index is 918. The van der Waals surface area contributed by atoms with Crippen LogP contribution in [0.3, 0.4) is 0 Å². The van der Waals surface area contributed by atoms with E-state index in [0.29, 0.717) is 5.96 Å². The highest BCUT2D eigenvalue weighted by Crippen LogP contribution is 2.40. The number of hydrogen-bond donors (Lipinski definition) is 2. The third-order valence-electron chi connectivity index (χ3n) is 4.80. The summed E-state index contributed by atoms with van der Waals surface area (Å²) in [5.41, 5.74) is 6.02. The highest BCUT2D eigenvalue weighted by molar-refractivity contribution is 5.86. The molecule has 0 fully saturated rings. The molecule has 2 N–H and O–H groups in total. The normalized spacial score (nSPS) is 20.7. The summed E-state index contributed by atoms with van der Waals surface area (Å²) in [6.07, 6.45) is 7.36. The summed E-state index contributed by atoms with van der Waals surface area (Å²) in [6, 6.07) is 20.6. The van der Waals surface area contributed by atoms with Gasteiger partial charge in [0.25, 0.3) is 0 Å². The van der Waals surface area contributed by atoms with Gasteiger partial charge < -0.3 is 5.32 Å². The van der Waals surface area contributed by atoms with Crippen LogP contribution >= 0.6 is 0 Å². The molecule has 0 amide bonds. The number of rotatable bonds is 2. The third kappa shape index (κ3) is 3.25. The number of benzene rings is 2. The molecule has 128 valence electrons. The summed E-state index contributed by atoms with van der Waals surface area (Å²) in [5, 5.41) is 15.1. The van der Waals surface area contributed by atoms with Gasteiger partial charge in [-0.05, 0) is 47.6 Å². The smallest absolute Gasteiger partial charge is 0.210 e. The van der Waals surface area contributed by atoms with E-state index in [-0.39, 0.29) is 6.04 Å². The zero-order valence-corrected chi connectivity index (χ0v) is 14.4. The van der Waals surface area contributed by atoms with Gasteiger partial charge in [-0.25, -0.2) is 4.99 Å². The zero-order chi connectivity index (χ0) is 17.8. The van der Waals surface area contributed by atoms with Crippen LogP contribution in [0.25, 0.3) is 6.08 Å². The number of aliphatic imine (C=N–C) groups is 1. The van der Waals surface area contributed by atoms with Crippen molar-refractivity contribution in [3.05, 3.63) is 88.6 Å². The Morgan fingerprint density at radius 3 is 2.50 bits per heavy atom. The number of nitrogens with zero attached hydrogens (tertiary/aromatic N) is 2. The molecule has 4 nitrogen and oxygen atoms in total. The third-order valence-corrected chi connectivity index (χ3v) is 4.80. The van der Waals surface area contributed by atoms with Crippen LogP contribution in [0.2, 0.25) is 0 Å². The van der Waals surface area contributed by atoms with Crippen molar-refractivity contribution < 1.29 is 0 Å². The average molecular weight is 340 g/mol. The minimum Gasteiger partial charge on any atom is -0.325 e. The molecular weight excluding hydrogens is 320 g/mol. The Morgan fingerprint density at radius 1 is 1.04 bits per heavy atom. The lowest BCUT2D eigenvalue weighted by Crippen LogP contribution is -2.39. The van der Waals surface area contributed by atoms with E-state index in [0.717, 1.165) is 30.5 Å². The zero-order valence-electron chi connectivity index (χ0n) is 14.4. The van der Waals surface area contributed by atoms with Crippen LogP contribution in [0.4, 0.5) is 0 Å². The van der Waals surface area contributed by atoms with E-state index in [1.165, 1.54) is 16.7 Å². The van der Waals surface area contributed by atoms with Crippen molar-refractivity contribution in [3.63, 3.8) is 0 Å². The highest BCUT2D eigenvalue weighted by atomic mass is 15.2. The van der Waals surface area contributed by atoms with Crippen molar-refractivity contribution in [2.75, 3.05) is 0 Å². The fourth-order valence-electron chi connectivity index (χ4n) is 3.64. The molecule has 1 unspecified atom stereocenters. The van der Waals surface area contributed by atoms with Crippen molar-refractivity contribution in [2.24, 2.45) is 4.99 Å². The molecule has 4 rings (SSSR count). The standard InChI is InChI=1S/C22H20N4/c23-15-24-22-25-20(17-10-5-2-6-11-17)19-13-7-12-18(21(19)26-22)14-16-8-3-1-4-9-16/h1-6,8-11,14,20H,7,12-13H2,(H2,24,25,26)/b18-14-. The Hall–Kier alpha value is -3.32. The summed E-state index contributed by atoms with van der Waals surface area (Å²) in [7, 11) is 0. The van der Waals surface area contributed by atoms with Gasteiger partial charge in [0.2, 0.25) is 5.96 Å². The molecule has 2 aromatic carbocycles. The number of guanidine groups is 1. The molecule has 2 aromatic rings. The largest absolute Gasteiger partial charge is 0.325 e. The van der Waals surface area contributed by atoms with Gasteiger partial charge in [-0.2, -0.15) is 5.26 Å². The van der Waals surface area contributed by atoms with Crippen LogP contribution in [-0.4, -0.2) is 5.96 Å². The Balaban J connectivity index is 1.78. The van der Waals surface area contributed by atoms with E-state index < -0.39 is 0 Å². The lowest BCUT2D eigenvalue weighted by Gasteiger charge is -2.32. The molecule has 0 spiro atoms.